The van der Waals surface area contributed by atoms with Gasteiger partial charge in [0.1, 0.15) is 0 Å². The zero-order valence-electron chi connectivity index (χ0n) is 13.1. The monoisotopic (exact) mass is 291 g/mol. The first-order chi connectivity index (χ1) is 9.93. The van der Waals surface area contributed by atoms with Crippen molar-refractivity contribution in [3.05, 3.63) is 18.1 Å². The van der Waals surface area contributed by atoms with Crippen LogP contribution in [-0.4, -0.2) is 34.1 Å². The lowest BCUT2D eigenvalue weighted by atomic mass is 9.77. The molecule has 1 fully saturated rings. The molecule has 0 saturated carbocycles. The number of hydrogen-bond acceptors (Lipinski definition) is 5. The van der Waals surface area contributed by atoms with Crippen LogP contribution in [0.5, 0.6) is 0 Å². The Labute approximate surface area is 126 Å². The Kier molecular flexibility index (Phi) is 4.65. The van der Waals surface area contributed by atoms with Crippen LogP contribution in [0.4, 0.5) is 5.82 Å². The summed E-state index contributed by atoms with van der Waals surface area (Å²) < 4.78 is 0. The molecule has 6 heteroatoms. The number of amidine groups is 1. The van der Waals surface area contributed by atoms with Crippen LogP contribution in [0.25, 0.3) is 0 Å². The van der Waals surface area contributed by atoms with Crippen LogP contribution in [0.1, 0.15) is 45.7 Å². The summed E-state index contributed by atoms with van der Waals surface area (Å²) in [6, 6.07) is 0. The van der Waals surface area contributed by atoms with E-state index in [0.29, 0.717) is 22.8 Å². The highest BCUT2D eigenvalue weighted by atomic mass is 16.4. The van der Waals surface area contributed by atoms with Gasteiger partial charge in [-0.25, -0.2) is 9.97 Å². The molecule has 1 aliphatic rings. The van der Waals surface area contributed by atoms with E-state index < -0.39 is 0 Å². The molecule has 1 aliphatic heterocycles. The molecule has 0 aliphatic carbocycles. The molecule has 3 N–H and O–H groups in total. The summed E-state index contributed by atoms with van der Waals surface area (Å²) in [6.07, 6.45) is 6.67. The number of hydrogen-bond donors (Lipinski definition) is 2. The Morgan fingerprint density at radius 3 is 2.67 bits per heavy atom. The second-order valence-electron chi connectivity index (χ2n) is 6.69. The molecule has 1 unspecified atom stereocenters. The van der Waals surface area contributed by atoms with Crippen molar-refractivity contribution in [3.8, 4) is 0 Å². The van der Waals surface area contributed by atoms with Gasteiger partial charge in [0.25, 0.3) is 0 Å². The van der Waals surface area contributed by atoms with Gasteiger partial charge in [0, 0.05) is 25.5 Å². The summed E-state index contributed by atoms with van der Waals surface area (Å²) in [6.45, 7) is 8.76. The van der Waals surface area contributed by atoms with Crippen molar-refractivity contribution in [2.45, 2.75) is 40.0 Å². The normalized spacial score (nSPS) is 21.2. The van der Waals surface area contributed by atoms with Crippen LogP contribution in [0.3, 0.4) is 0 Å². The topological polar surface area (TPSA) is 87.6 Å². The van der Waals surface area contributed by atoms with Crippen molar-refractivity contribution in [2.75, 3.05) is 18.0 Å². The molecule has 6 nitrogen and oxygen atoms in total. The molecule has 0 amide bonds. The quantitative estimate of drug-likeness (QED) is 0.377. The van der Waals surface area contributed by atoms with E-state index in [-0.39, 0.29) is 5.84 Å². The highest BCUT2D eigenvalue weighted by molar-refractivity contribution is 5.99. The Balaban J connectivity index is 2.20. The van der Waals surface area contributed by atoms with E-state index in [9.17, 15) is 0 Å². The lowest BCUT2D eigenvalue weighted by Gasteiger charge is -2.30. The lowest BCUT2D eigenvalue weighted by Crippen LogP contribution is -2.30. The Hall–Kier alpha value is -1.85. The second-order valence-corrected chi connectivity index (χ2v) is 6.69. The van der Waals surface area contributed by atoms with Crippen molar-refractivity contribution in [3.63, 3.8) is 0 Å². The van der Waals surface area contributed by atoms with E-state index in [0.717, 1.165) is 25.9 Å². The minimum atomic E-state index is 0.00900. The lowest BCUT2D eigenvalue weighted by molar-refractivity contribution is 0.220. The standard InChI is InChI=1S/C15H25N5O/c1-15(2,3)11-5-4-9-20(10-6-11)14-12(13(16)19-21)17-7-8-18-14/h7-8,11,21H,4-6,9-10H2,1-3H3,(H2,16,19). The minimum absolute atomic E-state index is 0.00900. The predicted molar refractivity (Wildman–Crippen MR) is 83.6 cm³/mol. The van der Waals surface area contributed by atoms with E-state index in [1.54, 1.807) is 12.4 Å². The number of anilines is 1. The van der Waals surface area contributed by atoms with Gasteiger partial charge in [0.05, 0.1) is 0 Å². The van der Waals surface area contributed by atoms with Gasteiger partial charge in [0.2, 0.25) is 0 Å². The van der Waals surface area contributed by atoms with E-state index in [2.05, 4.69) is 40.8 Å². The molecule has 0 radical (unpaired) electrons. The molecule has 1 aromatic rings. The summed E-state index contributed by atoms with van der Waals surface area (Å²) in [7, 11) is 0. The van der Waals surface area contributed by atoms with Crippen LogP contribution in [0.2, 0.25) is 0 Å². The summed E-state index contributed by atoms with van der Waals surface area (Å²) in [5, 5.41) is 11.9. The highest BCUT2D eigenvalue weighted by Crippen LogP contribution is 2.35. The van der Waals surface area contributed by atoms with E-state index in [4.69, 9.17) is 10.9 Å². The fourth-order valence-electron chi connectivity index (χ4n) is 2.96. The maximum Gasteiger partial charge on any atom is 0.192 e. The molecular weight excluding hydrogens is 266 g/mol. The van der Waals surface area contributed by atoms with Gasteiger partial charge in [-0.3, -0.25) is 0 Å². The van der Waals surface area contributed by atoms with Crippen LogP contribution in [-0.2, 0) is 0 Å². The summed E-state index contributed by atoms with van der Waals surface area (Å²) in [5.41, 5.74) is 6.49. The van der Waals surface area contributed by atoms with Gasteiger partial charge in [-0.2, -0.15) is 0 Å². The van der Waals surface area contributed by atoms with Gasteiger partial charge in [0.15, 0.2) is 17.3 Å². The highest BCUT2D eigenvalue weighted by Gasteiger charge is 2.28. The SMILES string of the molecule is CC(C)(C)C1CCCN(c2nccnc2C(N)=NO)CC1. The van der Waals surface area contributed by atoms with Gasteiger partial charge in [-0.1, -0.05) is 25.9 Å². The molecule has 0 bridgehead atoms. The van der Waals surface area contributed by atoms with Crippen molar-refractivity contribution < 1.29 is 5.21 Å². The smallest absolute Gasteiger partial charge is 0.192 e. The zero-order valence-corrected chi connectivity index (χ0v) is 13.1. The van der Waals surface area contributed by atoms with Crippen molar-refractivity contribution in [2.24, 2.45) is 22.2 Å². The average Bonchev–Trinajstić information content (AvgIpc) is 2.72. The summed E-state index contributed by atoms with van der Waals surface area (Å²) in [4.78, 5) is 10.8. The molecule has 0 spiro atoms. The van der Waals surface area contributed by atoms with Crippen LogP contribution in [0.15, 0.2) is 17.5 Å². The predicted octanol–water partition coefficient (Wildman–Crippen LogP) is 2.22. The summed E-state index contributed by atoms with van der Waals surface area (Å²) >= 11 is 0. The zero-order chi connectivity index (χ0) is 15.5. The average molecular weight is 291 g/mol. The van der Waals surface area contributed by atoms with Gasteiger partial charge in [-0.15, -0.1) is 0 Å². The molecule has 1 saturated heterocycles. The maximum absolute atomic E-state index is 8.89. The molecule has 21 heavy (non-hydrogen) atoms. The van der Waals surface area contributed by atoms with Gasteiger partial charge >= 0.3 is 0 Å². The third-order valence-electron chi connectivity index (χ3n) is 4.28. The van der Waals surface area contributed by atoms with Crippen molar-refractivity contribution in [1.82, 2.24) is 9.97 Å². The Morgan fingerprint density at radius 2 is 2.00 bits per heavy atom. The van der Waals surface area contributed by atoms with Gasteiger partial charge < -0.3 is 15.8 Å². The largest absolute Gasteiger partial charge is 0.409 e. The van der Waals surface area contributed by atoms with Crippen molar-refractivity contribution in [1.29, 1.82) is 0 Å². The third kappa shape index (κ3) is 3.62. The van der Waals surface area contributed by atoms with Crippen LogP contribution >= 0.6 is 0 Å². The molecular formula is C15H25N5O. The molecule has 2 rings (SSSR count). The maximum atomic E-state index is 8.89. The number of nitrogens with zero attached hydrogens (tertiary/aromatic N) is 4. The number of nitrogens with two attached hydrogens (primary N) is 1. The van der Waals surface area contributed by atoms with Crippen molar-refractivity contribution >= 4 is 11.7 Å². The molecule has 2 heterocycles. The second kappa shape index (κ2) is 6.28. The minimum Gasteiger partial charge on any atom is -0.409 e. The van der Waals surface area contributed by atoms with Gasteiger partial charge in [-0.05, 0) is 30.6 Å². The molecule has 116 valence electrons. The van der Waals surface area contributed by atoms with E-state index >= 15 is 0 Å². The fourth-order valence-corrected chi connectivity index (χ4v) is 2.96. The molecule has 1 atom stereocenters. The first-order valence-corrected chi connectivity index (χ1v) is 7.47. The summed E-state index contributed by atoms with van der Waals surface area (Å²) in [5.74, 6) is 1.42. The van der Waals surface area contributed by atoms with Crippen LogP contribution < -0.4 is 10.6 Å². The molecule has 1 aromatic heterocycles. The Morgan fingerprint density at radius 1 is 1.29 bits per heavy atom. The van der Waals surface area contributed by atoms with E-state index in [1.165, 1.54) is 6.42 Å². The fraction of sp³-hybridized carbons (Fsp3) is 0.667. The first kappa shape index (κ1) is 15.5. The van der Waals surface area contributed by atoms with Crippen LogP contribution in [0, 0.1) is 11.3 Å². The molecule has 0 aromatic carbocycles. The number of oxime groups is 1. The third-order valence-corrected chi connectivity index (χ3v) is 4.28. The Bertz CT molecular complexity index is 509. The number of rotatable bonds is 2. The van der Waals surface area contributed by atoms with E-state index in [1.807, 2.05) is 0 Å². The first-order valence-electron chi connectivity index (χ1n) is 7.47. The number of aromatic nitrogens is 2.